The van der Waals surface area contributed by atoms with Gasteiger partial charge in [-0.05, 0) is 42.7 Å². The van der Waals surface area contributed by atoms with E-state index < -0.39 is 29.7 Å². The van der Waals surface area contributed by atoms with Crippen LogP contribution in [0.2, 0.25) is 0 Å². The van der Waals surface area contributed by atoms with E-state index in [2.05, 4.69) is 5.32 Å². The zero-order valence-electron chi connectivity index (χ0n) is 19.5. The van der Waals surface area contributed by atoms with Crippen molar-refractivity contribution in [2.45, 2.75) is 26.3 Å². The summed E-state index contributed by atoms with van der Waals surface area (Å²) in [4.78, 5) is 52.4. The van der Waals surface area contributed by atoms with Gasteiger partial charge in [0.1, 0.15) is 5.75 Å². The first-order chi connectivity index (χ1) is 16.2. The van der Waals surface area contributed by atoms with E-state index in [0.29, 0.717) is 17.0 Å². The fourth-order valence-corrected chi connectivity index (χ4v) is 3.92. The largest absolute Gasteiger partial charge is 0.496 e. The van der Waals surface area contributed by atoms with Gasteiger partial charge in [-0.2, -0.15) is 0 Å². The minimum Gasteiger partial charge on any atom is -0.496 e. The number of aliphatic carboxylic acids is 1. The van der Waals surface area contributed by atoms with Gasteiger partial charge in [-0.25, -0.2) is 4.79 Å². The Labute approximate surface area is 197 Å². The van der Waals surface area contributed by atoms with Crippen molar-refractivity contribution >= 4 is 29.4 Å². The monoisotopic (exact) mass is 465 g/mol. The lowest BCUT2D eigenvalue weighted by molar-refractivity contribution is -0.137. The second kappa shape index (κ2) is 10.2. The highest BCUT2D eigenvalue weighted by atomic mass is 16.5. The van der Waals surface area contributed by atoms with Gasteiger partial charge in [0.25, 0.3) is 5.91 Å². The summed E-state index contributed by atoms with van der Waals surface area (Å²) in [7, 11) is 3.04. The Kier molecular flexibility index (Phi) is 7.35. The number of carbonyl (C=O) groups is 4. The number of hydrogen-bond donors (Lipinski definition) is 2. The molecule has 0 spiro atoms. The first-order valence-electron chi connectivity index (χ1n) is 10.7. The molecule has 0 saturated heterocycles. The predicted octanol–water partition coefficient (Wildman–Crippen LogP) is 2.89. The second-order valence-electron chi connectivity index (χ2n) is 7.92. The highest BCUT2D eigenvalue weighted by Gasteiger charge is 2.40. The van der Waals surface area contributed by atoms with Crippen LogP contribution in [0.1, 0.15) is 17.5 Å². The third-order valence-electron chi connectivity index (χ3n) is 5.70. The Morgan fingerprint density at radius 2 is 1.85 bits per heavy atom. The number of benzene rings is 2. The Morgan fingerprint density at radius 1 is 1.15 bits per heavy atom. The lowest BCUT2D eigenvalue weighted by Crippen LogP contribution is -2.57. The summed E-state index contributed by atoms with van der Waals surface area (Å²) in [6, 6.07) is 8.79. The summed E-state index contributed by atoms with van der Waals surface area (Å²) in [5.74, 6) is -1.64. The summed E-state index contributed by atoms with van der Waals surface area (Å²) < 4.78 is 5.59. The predicted molar refractivity (Wildman–Crippen MR) is 127 cm³/mol. The molecule has 0 radical (unpaired) electrons. The number of carboxylic acid groups (broad SMARTS) is 1. The van der Waals surface area contributed by atoms with Crippen molar-refractivity contribution in [3.05, 3.63) is 59.8 Å². The molecule has 9 heteroatoms. The number of rotatable bonds is 7. The van der Waals surface area contributed by atoms with Gasteiger partial charge in [0.05, 0.1) is 19.2 Å². The van der Waals surface area contributed by atoms with Crippen molar-refractivity contribution in [3.63, 3.8) is 0 Å². The van der Waals surface area contributed by atoms with E-state index in [1.54, 1.807) is 26.2 Å². The van der Waals surface area contributed by atoms with Crippen LogP contribution in [0, 0.1) is 13.8 Å². The van der Waals surface area contributed by atoms with Gasteiger partial charge < -0.3 is 20.1 Å². The molecule has 1 heterocycles. The molecule has 1 atom stereocenters. The van der Waals surface area contributed by atoms with Crippen LogP contribution in [-0.2, 0) is 14.4 Å². The highest BCUT2D eigenvalue weighted by Crippen LogP contribution is 2.40. The third-order valence-corrected chi connectivity index (χ3v) is 5.70. The molecule has 0 unspecified atom stereocenters. The summed E-state index contributed by atoms with van der Waals surface area (Å²) in [6.45, 7) is 3.57. The number of carbonyl (C=O) groups excluding carboxylic acids is 3. The number of amides is 3. The quantitative estimate of drug-likeness (QED) is 0.608. The summed E-state index contributed by atoms with van der Waals surface area (Å²) in [5, 5.41) is 11.5. The highest BCUT2D eigenvalue weighted by molar-refractivity contribution is 6.19. The molecule has 0 fully saturated rings. The van der Waals surface area contributed by atoms with Crippen LogP contribution < -0.4 is 15.0 Å². The molecular weight excluding hydrogens is 438 g/mol. The number of aryl methyl sites for hydroxylation is 1. The molecule has 0 saturated carbocycles. The van der Waals surface area contributed by atoms with Crippen LogP contribution in [0.4, 0.5) is 10.5 Å². The molecule has 1 aliphatic rings. The van der Waals surface area contributed by atoms with E-state index in [1.165, 1.54) is 24.2 Å². The number of carboxylic acids is 1. The fourth-order valence-electron chi connectivity index (χ4n) is 3.92. The molecule has 0 aromatic heterocycles. The van der Waals surface area contributed by atoms with E-state index in [4.69, 9.17) is 9.84 Å². The van der Waals surface area contributed by atoms with Crippen LogP contribution in [-0.4, -0.2) is 60.4 Å². The number of ketones is 1. The van der Waals surface area contributed by atoms with Gasteiger partial charge in [0.2, 0.25) is 0 Å². The minimum atomic E-state index is -1.43. The molecule has 9 nitrogen and oxygen atoms in total. The summed E-state index contributed by atoms with van der Waals surface area (Å²) >= 11 is 0. The average molecular weight is 466 g/mol. The molecule has 3 rings (SSSR count). The summed E-state index contributed by atoms with van der Waals surface area (Å²) in [5.41, 5.74) is 3.54. The van der Waals surface area contributed by atoms with Crippen LogP contribution in [0.15, 0.2) is 48.7 Å². The number of anilines is 1. The van der Waals surface area contributed by atoms with Crippen molar-refractivity contribution in [3.8, 4) is 16.9 Å². The van der Waals surface area contributed by atoms with Crippen LogP contribution in [0.25, 0.3) is 11.1 Å². The maximum absolute atomic E-state index is 13.3. The SMILES string of the molecule is COc1ccc(N(C(=O)NCCC(=O)O)[C@H]2C(=O)C=CN(C)C2=O)c(C)c1-c1ccccc1C. The Hall–Kier alpha value is -4.14. The lowest BCUT2D eigenvalue weighted by atomic mass is 9.93. The molecular formula is C25H27N3O6. The third kappa shape index (κ3) is 4.78. The standard InChI is InChI=1S/C25H27N3O6/c1-15-7-5-6-8-17(15)22-16(2)18(9-10-20(22)34-4)28(25(33)26-13-11-21(30)31)23-19(29)12-14-27(3)24(23)32/h5-10,12,14,23H,11,13H2,1-4H3,(H,26,33)(H,30,31)/t23-/m0/s1. The molecule has 2 aromatic rings. The van der Waals surface area contributed by atoms with Gasteiger partial charge in [-0.15, -0.1) is 0 Å². The molecule has 0 aliphatic carbocycles. The normalized spacial score (nSPS) is 15.3. The molecule has 0 bridgehead atoms. The average Bonchev–Trinajstić information content (AvgIpc) is 2.80. The maximum Gasteiger partial charge on any atom is 0.323 e. The van der Waals surface area contributed by atoms with Crippen molar-refractivity contribution in [1.29, 1.82) is 0 Å². The first kappa shape index (κ1) is 24.5. The van der Waals surface area contributed by atoms with Crippen molar-refractivity contribution < 1.29 is 29.0 Å². The van der Waals surface area contributed by atoms with E-state index >= 15 is 0 Å². The van der Waals surface area contributed by atoms with Gasteiger partial charge in [-0.3, -0.25) is 19.3 Å². The van der Waals surface area contributed by atoms with Crippen molar-refractivity contribution in [2.24, 2.45) is 0 Å². The lowest BCUT2D eigenvalue weighted by Gasteiger charge is -2.34. The zero-order valence-corrected chi connectivity index (χ0v) is 19.5. The van der Waals surface area contributed by atoms with Gasteiger partial charge in [0.15, 0.2) is 11.8 Å². The smallest absolute Gasteiger partial charge is 0.323 e. The van der Waals surface area contributed by atoms with E-state index in [0.717, 1.165) is 21.6 Å². The number of likely N-dealkylation sites (N-methyl/N-ethyl adjacent to an activating group) is 1. The van der Waals surface area contributed by atoms with E-state index in [-0.39, 0.29) is 13.0 Å². The van der Waals surface area contributed by atoms with Crippen LogP contribution in [0.5, 0.6) is 5.75 Å². The summed E-state index contributed by atoms with van der Waals surface area (Å²) in [6.07, 6.45) is 2.29. The molecule has 34 heavy (non-hydrogen) atoms. The van der Waals surface area contributed by atoms with Gasteiger partial charge in [-0.1, -0.05) is 24.3 Å². The zero-order chi connectivity index (χ0) is 25.0. The number of nitrogens with one attached hydrogen (secondary N) is 1. The molecule has 3 amide bonds. The molecule has 1 aliphatic heterocycles. The van der Waals surface area contributed by atoms with Crippen LogP contribution in [0.3, 0.4) is 0 Å². The number of ether oxygens (including phenoxy) is 1. The van der Waals surface area contributed by atoms with Gasteiger partial charge >= 0.3 is 12.0 Å². The molecule has 2 aromatic carbocycles. The second-order valence-corrected chi connectivity index (χ2v) is 7.92. The van der Waals surface area contributed by atoms with Crippen molar-refractivity contribution in [1.82, 2.24) is 10.2 Å². The topological polar surface area (TPSA) is 116 Å². The van der Waals surface area contributed by atoms with Crippen molar-refractivity contribution in [2.75, 3.05) is 25.6 Å². The Balaban J connectivity index is 2.19. The van der Waals surface area contributed by atoms with Gasteiger partial charge in [0, 0.05) is 31.4 Å². The number of hydrogen-bond acceptors (Lipinski definition) is 5. The maximum atomic E-state index is 13.3. The molecule has 178 valence electrons. The van der Waals surface area contributed by atoms with Crippen LogP contribution >= 0.6 is 0 Å². The number of methoxy groups -OCH3 is 1. The number of urea groups is 1. The number of nitrogens with zero attached hydrogens (tertiary/aromatic N) is 2. The Morgan fingerprint density at radius 3 is 2.50 bits per heavy atom. The fraction of sp³-hybridized carbons (Fsp3) is 0.280. The first-order valence-corrected chi connectivity index (χ1v) is 10.7. The van der Waals surface area contributed by atoms with E-state index in [1.807, 2.05) is 31.2 Å². The Bertz CT molecular complexity index is 1170. The van der Waals surface area contributed by atoms with E-state index in [9.17, 15) is 19.2 Å². The molecule has 2 N–H and O–H groups in total. The minimum absolute atomic E-state index is 0.161.